The summed E-state index contributed by atoms with van der Waals surface area (Å²) in [5.74, 6) is 0.559. The second kappa shape index (κ2) is 4.80. The van der Waals surface area contributed by atoms with Gasteiger partial charge in [-0.1, -0.05) is 5.16 Å². The van der Waals surface area contributed by atoms with Gasteiger partial charge in [-0.25, -0.2) is 4.79 Å². The molecule has 0 spiro atoms. The molecule has 0 fully saturated rings. The lowest BCUT2D eigenvalue weighted by Gasteiger charge is -2.25. The van der Waals surface area contributed by atoms with Crippen molar-refractivity contribution in [3.05, 3.63) is 17.5 Å². The molecule has 0 aliphatic heterocycles. The predicted molar refractivity (Wildman–Crippen MR) is 64.0 cm³/mol. The van der Waals surface area contributed by atoms with Crippen LogP contribution in [0, 0.1) is 6.92 Å². The van der Waals surface area contributed by atoms with Gasteiger partial charge in [-0.3, -0.25) is 0 Å². The quantitative estimate of drug-likeness (QED) is 0.833. The highest BCUT2D eigenvalue weighted by atomic mass is 16.6. The van der Waals surface area contributed by atoms with Crippen molar-refractivity contribution < 1.29 is 18.8 Å². The minimum absolute atomic E-state index is 0.334. The third kappa shape index (κ3) is 3.58. The maximum Gasteiger partial charge on any atom is 0.408 e. The average Bonchev–Trinajstić information content (AvgIpc) is 2.62. The monoisotopic (exact) mass is 254 g/mol. The van der Waals surface area contributed by atoms with Crippen molar-refractivity contribution >= 4 is 12.4 Å². The van der Waals surface area contributed by atoms with Crippen LogP contribution in [0.25, 0.3) is 0 Å². The van der Waals surface area contributed by atoms with Crippen molar-refractivity contribution in [1.82, 2.24) is 10.5 Å². The van der Waals surface area contributed by atoms with E-state index in [1.54, 1.807) is 33.8 Å². The third-order valence-corrected chi connectivity index (χ3v) is 2.16. The van der Waals surface area contributed by atoms with E-state index in [-0.39, 0.29) is 0 Å². The second-order valence-corrected chi connectivity index (χ2v) is 5.27. The Bertz CT molecular complexity index is 447. The fourth-order valence-corrected chi connectivity index (χ4v) is 1.28. The number of ether oxygens (including phenoxy) is 1. The SMILES string of the molecule is Cc1cc(C(C)(C=O)NC(=O)OC(C)(C)C)no1. The molecular formula is C12H18N2O4. The largest absolute Gasteiger partial charge is 0.444 e. The number of amides is 1. The normalized spacial score (nSPS) is 14.7. The molecule has 18 heavy (non-hydrogen) atoms. The molecule has 100 valence electrons. The zero-order valence-electron chi connectivity index (χ0n) is 11.2. The van der Waals surface area contributed by atoms with Gasteiger partial charge in [0.1, 0.15) is 22.6 Å². The summed E-state index contributed by atoms with van der Waals surface area (Å²) in [6, 6.07) is 1.59. The van der Waals surface area contributed by atoms with Crippen LogP contribution in [0.5, 0.6) is 0 Å². The summed E-state index contributed by atoms with van der Waals surface area (Å²) in [6.45, 7) is 8.46. The van der Waals surface area contributed by atoms with Gasteiger partial charge in [0.05, 0.1) is 0 Å². The minimum Gasteiger partial charge on any atom is -0.444 e. The number of nitrogens with zero attached hydrogens (tertiary/aromatic N) is 1. The summed E-state index contributed by atoms with van der Waals surface area (Å²) in [5, 5.41) is 6.21. The molecule has 1 atom stereocenters. The van der Waals surface area contributed by atoms with Gasteiger partial charge < -0.3 is 19.4 Å². The molecule has 1 N–H and O–H groups in total. The van der Waals surface area contributed by atoms with Gasteiger partial charge in [-0.2, -0.15) is 0 Å². The lowest BCUT2D eigenvalue weighted by Crippen LogP contribution is -2.47. The Labute approximate surface area is 106 Å². The summed E-state index contributed by atoms with van der Waals surface area (Å²) in [4.78, 5) is 22.8. The van der Waals surface area contributed by atoms with Gasteiger partial charge in [-0.15, -0.1) is 0 Å². The van der Waals surface area contributed by atoms with E-state index >= 15 is 0 Å². The molecule has 0 saturated carbocycles. The van der Waals surface area contributed by atoms with Gasteiger partial charge in [0.15, 0.2) is 6.29 Å². The van der Waals surface area contributed by atoms with Crippen LogP contribution in [-0.4, -0.2) is 23.1 Å². The molecule has 1 amide bonds. The number of hydrogen-bond acceptors (Lipinski definition) is 5. The number of hydrogen-bond donors (Lipinski definition) is 1. The molecule has 1 aromatic rings. The molecular weight excluding hydrogens is 236 g/mol. The van der Waals surface area contributed by atoms with Crippen molar-refractivity contribution in [3.63, 3.8) is 0 Å². The Balaban J connectivity index is 2.84. The van der Waals surface area contributed by atoms with Crippen LogP contribution in [-0.2, 0) is 15.1 Å². The lowest BCUT2D eigenvalue weighted by atomic mass is 10.0. The number of carbonyl (C=O) groups is 2. The highest BCUT2D eigenvalue weighted by Crippen LogP contribution is 2.19. The maximum absolute atomic E-state index is 11.7. The molecule has 1 heterocycles. The van der Waals surface area contributed by atoms with Crippen molar-refractivity contribution in [3.8, 4) is 0 Å². The van der Waals surface area contributed by atoms with Crippen LogP contribution in [0.4, 0.5) is 4.79 Å². The van der Waals surface area contributed by atoms with E-state index in [1.807, 2.05) is 0 Å². The number of aromatic nitrogens is 1. The molecule has 6 nitrogen and oxygen atoms in total. The molecule has 1 rings (SSSR count). The van der Waals surface area contributed by atoms with Crippen LogP contribution in [0.2, 0.25) is 0 Å². The van der Waals surface area contributed by atoms with Gasteiger partial charge in [-0.05, 0) is 34.6 Å². The van der Waals surface area contributed by atoms with Crippen LogP contribution >= 0.6 is 0 Å². The number of nitrogens with one attached hydrogen (secondary N) is 1. The number of carbonyl (C=O) groups excluding carboxylic acids is 2. The zero-order valence-corrected chi connectivity index (χ0v) is 11.2. The Morgan fingerprint density at radius 2 is 2.06 bits per heavy atom. The third-order valence-electron chi connectivity index (χ3n) is 2.16. The molecule has 1 aromatic heterocycles. The van der Waals surface area contributed by atoms with Crippen molar-refractivity contribution in [2.24, 2.45) is 0 Å². The first-order valence-corrected chi connectivity index (χ1v) is 5.57. The summed E-state index contributed by atoms with van der Waals surface area (Å²) < 4.78 is 9.99. The molecule has 0 saturated heterocycles. The number of alkyl carbamates (subject to hydrolysis) is 1. The molecule has 0 radical (unpaired) electrons. The van der Waals surface area contributed by atoms with Crippen LogP contribution < -0.4 is 5.32 Å². The Morgan fingerprint density at radius 3 is 2.44 bits per heavy atom. The van der Waals surface area contributed by atoms with E-state index in [2.05, 4.69) is 10.5 Å². The van der Waals surface area contributed by atoms with E-state index in [0.29, 0.717) is 17.7 Å². The van der Waals surface area contributed by atoms with Crippen molar-refractivity contribution in [1.29, 1.82) is 0 Å². The van der Waals surface area contributed by atoms with E-state index in [9.17, 15) is 9.59 Å². The molecule has 1 unspecified atom stereocenters. The topological polar surface area (TPSA) is 81.4 Å². The van der Waals surface area contributed by atoms with Gasteiger partial charge in [0.25, 0.3) is 0 Å². The highest BCUT2D eigenvalue weighted by molar-refractivity contribution is 5.77. The summed E-state index contributed by atoms with van der Waals surface area (Å²) in [6.07, 6.45) is -0.0912. The van der Waals surface area contributed by atoms with Crippen molar-refractivity contribution in [2.45, 2.75) is 45.8 Å². The maximum atomic E-state index is 11.7. The Kier molecular flexibility index (Phi) is 3.79. The smallest absolute Gasteiger partial charge is 0.408 e. The summed E-state index contributed by atoms with van der Waals surface area (Å²) in [7, 11) is 0. The molecule has 0 aliphatic rings. The predicted octanol–water partition coefficient (Wildman–Crippen LogP) is 1.92. The average molecular weight is 254 g/mol. The molecule has 0 aliphatic carbocycles. The van der Waals surface area contributed by atoms with E-state index in [4.69, 9.17) is 9.26 Å². The Morgan fingerprint density at radius 1 is 1.44 bits per heavy atom. The first-order valence-electron chi connectivity index (χ1n) is 5.57. The van der Waals surface area contributed by atoms with Crippen molar-refractivity contribution in [2.75, 3.05) is 0 Å². The molecule has 0 bridgehead atoms. The lowest BCUT2D eigenvalue weighted by molar-refractivity contribution is -0.113. The van der Waals surface area contributed by atoms with Gasteiger partial charge in [0, 0.05) is 6.07 Å². The van der Waals surface area contributed by atoms with Gasteiger partial charge in [0.2, 0.25) is 0 Å². The van der Waals surface area contributed by atoms with E-state index in [0.717, 1.165) is 0 Å². The Hall–Kier alpha value is -1.85. The zero-order chi connectivity index (χ0) is 14.0. The first-order chi connectivity index (χ1) is 8.16. The fourth-order valence-electron chi connectivity index (χ4n) is 1.28. The van der Waals surface area contributed by atoms with E-state index < -0.39 is 17.2 Å². The second-order valence-electron chi connectivity index (χ2n) is 5.27. The molecule has 0 aromatic carbocycles. The van der Waals surface area contributed by atoms with Crippen LogP contribution in [0.15, 0.2) is 10.6 Å². The fraction of sp³-hybridized carbons (Fsp3) is 0.583. The number of aldehydes is 1. The summed E-state index contributed by atoms with van der Waals surface area (Å²) in [5.41, 5.74) is -1.56. The highest BCUT2D eigenvalue weighted by Gasteiger charge is 2.33. The van der Waals surface area contributed by atoms with Crippen LogP contribution in [0.1, 0.15) is 39.1 Å². The minimum atomic E-state index is -1.26. The number of rotatable bonds is 3. The standard InChI is InChI=1S/C12H18N2O4/c1-8-6-9(14-18-8)12(5,7-15)13-10(16)17-11(2,3)4/h6-7H,1-5H3,(H,13,16). The number of aryl methyl sites for hydroxylation is 1. The van der Waals surface area contributed by atoms with E-state index in [1.165, 1.54) is 6.92 Å². The van der Waals surface area contributed by atoms with Gasteiger partial charge >= 0.3 is 6.09 Å². The van der Waals surface area contributed by atoms with Crippen LogP contribution in [0.3, 0.4) is 0 Å². The first kappa shape index (κ1) is 14.2. The summed E-state index contributed by atoms with van der Waals surface area (Å²) >= 11 is 0. The molecule has 6 heteroatoms.